The largest absolute Gasteiger partial charge is 0.396 e. The molecule has 0 bridgehead atoms. The van der Waals surface area contributed by atoms with E-state index in [-0.39, 0.29) is 0 Å². The van der Waals surface area contributed by atoms with Gasteiger partial charge in [-0.2, -0.15) is 0 Å². The van der Waals surface area contributed by atoms with Gasteiger partial charge in [0.15, 0.2) is 0 Å². The fraction of sp³-hybridized carbons (Fsp3) is 1.00. The predicted octanol–water partition coefficient (Wildman–Crippen LogP) is 4.25. The summed E-state index contributed by atoms with van der Waals surface area (Å²) in [5, 5.41) is 8.97. The molecular weight excluding hydrogens is 196 g/mol. The molecule has 0 saturated heterocycles. The van der Waals surface area contributed by atoms with Crippen LogP contribution >= 0.6 is 0 Å². The first kappa shape index (κ1) is 14.0. The number of rotatable bonds is 6. The van der Waals surface area contributed by atoms with E-state index in [1.807, 2.05) is 0 Å². The van der Waals surface area contributed by atoms with Crippen molar-refractivity contribution in [2.24, 2.45) is 23.7 Å². The second-order valence-electron chi connectivity index (χ2n) is 6.24. The van der Waals surface area contributed by atoms with Crippen LogP contribution in [0.4, 0.5) is 0 Å². The molecule has 1 rings (SSSR count). The van der Waals surface area contributed by atoms with E-state index in [0.29, 0.717) is 12.5 Å². The van der Waals surface area contributed by atoms with E-state index in [0.717, 1.165) is 17.8 Å². The van der Waals surface area contributed by atoms with Crippen LogP contribution in [0, 0.1) is 23.7 Å². The van der Waals surface area contributed by atoms with E-state index >= 15 is 0 Å². The van der Waals surface area contributed by atoms with Gasteiger partial charge in [-0.25, -0.2) is 0 Å². The van der Waals surface area contributed by atoms with E-state index in [1.54, 1.807) is 0 Å². The minimum absolute atomic E-state index is 0.361. The first-order valence-corrected chi connectivity index (χ1v) is 7.24. The maximum Gasteiger partial charge on any atom is 0.0456 e. The van der Waals surface area contributed by atoms with Gasteiger partial charge in [0.1, 0.15) is 0 Å². The van der Waals surface area contributed by atoms with Gasteiger partial charge in [-0.1, -0.05) is 46.5 Å². The quantitative estimate of drug-likeness (QED) is 0.718. The fourth-order valence-corrected chi connectivity index (χ4v) is 2.99. The second-order valence-corrected chi connectivity index (χ2v) is 6.24. The summed E-state index contributed by atoms with van der Waals surface area (Å²) in [7, 11) is 0. The zero-order valence-corrected chi connectivity index (χ0v) is 11.4. The Morgan fingerprint density at radius 2 is 1.69 bits per heavy atom. The lowest BCUT2D eigenvalue weighted by Crippen LogP contribution is -2.18. The predicted molar refractivity (Wildman–Crippen MR) is 70.4 cm³/mol. The molecule has 1 nitrogen and oxygen atoms in total. The van der Waals surface area contributed by atoms with Gasteiger partial charge in [-0.3, -0.25) is 0 Å². The minimum Gasteiger partial charge on any atom is -0.396 e. The van der Waals surface area contributed by atoms with Crippen molar-refractivity contribution in [1.29, 1.82) is 0 Å². The summed E-state index contributed by atoms with van der Waals surface area (Å²) >= 11 is 0. The molecular formula is C15H30O. The maximum absolute atomic E-state index is 8.97. The Balaban J connectivity index is 2.08. The van der Waals surface area contributed by atoms with Crippen molar-refractivity contribution < 1.29 is 5.11 Å². The highest BCUT2D eigenvalue weighted by atomic mass is 16.3. The first-order valence-electron chi connectivity index (χ1n) is 7.24. The van der Waals surface area contributed by atoms with Crippen LogP contribution < -0.4 is 0 Å². The molecule has 0 aromatic heterocycles. The molecule has 0 spiro atoms. The zero-order valence-electron chi connectivity index (χ0n) is 11.4. The molecule has 0 aromatic rings. The Hall–Kier alpha value is -0.0400. The lowest BCUT2D eigenvalue weighted by atomic mass is 9.75. The van der Waals surface area contributed by atoms with Gasteiger partial charge in [-0.05, 0) is 42.9 Å². The highest BCUT2D eigenvalue weighted by Gasteiger charge is 2.22. The maximum atomic E-state index is 8.97. The van der Waals surface area contributed by atoms with Crippen LogP contribution in [0.3, 0.4) is 0 Å². The van der Waals surface area contributed by atoms with Crippen molar-refractivity contribution >= 4 is 0 Å². The van der Waals surface area contributed by atoms with Crippen molar-refractivity contribution in [3.05, 3.63) is 0 Å². The van der Waals surface area contributed by atoms with Gasteiger partial charge < -0.3 is 5.11 Å². The average Bonchev–Trinajstić information content (AvgIpc) is 2.29. The molecule has 0 aliphatic heterocycles. The van der Waals surface area contributed by atoms with E-state index < -0.39 is 0 Å². The lowest BCUT2D eigenvalue weighted by molar-refractivity contribution is 0.201. The summed E-state index contributed by atoms with van der Waals surface area (Å²) < 4.78 is 0. The van der Waals surface area contributed by atoms with Gasteiger partial charge in [0.05, 0.1) is 0 Å². The number of hydrogen-bond donors (Lipinski definition) is 1. The van der Waals surface area contributed by atoms with Crippen molar-refractivity contribution in [3.63, 3.8) is 0 Å². The molecule has 0 heterocycles. The van der Waals surface area contributed by atoms with Gasteiger partial charge in [0.25, 0.3) is 0 Å². The SMILES string of the molecule is CC(CO)CCCC1CCC(C(C)C)CC1. The van der Waals surface area contributed by atoms with Crippen LogP contribution in [0.25, 0.3) is 0 Å². The molecule has 0 amide bonds. The van der Waals surface area contributed by atoms with Crippen LogP contribution in [-0.2, 0) is 0 Å². The molecule has 1 saturated carbocycles. The minimum atomic E-state index is 0.361. The third-order valence-corrected chi connectivity index (χ3v) is 4.46. The standard InChI is InChI=1S/C15H30O/c1-12(2)15-9-7-14(8-10-15)6-4-5-13(3)11-16/h12-16H,4-11H2,1-3H3. The molecule has 1 fully saturated rings. The van der Waals surface area contributed by atoms with E-state index in [4.69, 9.17) is 5.11 Å². The second kappa shape index (κ2) is 7.32. The van der Waals surface area contributed by atoms with Crippen molar-refractivity contribution in [3.8, 4) is 0 Å². The monoisotopic (exact) mass is 226 g/mol. The Kier molecular flexibility index (Phi) is 6.41. The van der Waals surface area contributed by atoms with Gasteiger partial charge in [-0.15, -0.1) is 0 Å². The molecule has 96 valence electrons. The summed E-state index contributed by atoms with van der Waals surface area (Å²) in [6, 6.07) is 0. The normalized spacial score (nSPS) is 28.3. The molecule has 1 unspecified atom stereocenters. The number of aliphatic hydroxyl groups excluding tert-OH is 1. The Morgan fingerprint density at radius 3 is 2.19 bits per heavy atom. The topological polar surface area (TPSA) is 20.2 Å². The summed E-state index contributed by atoms with van der Waals surface area (Å²) in [5.41, 5.74) is 0. The van der Waals surface area contributed by atoms with Crippen molar-refractivity contribution in [1.82, 2.24) is 0 Å². The average molecular weight is 226 g/mol. The van der Waals surface area contributed by atoms with Crippen LogP contribution in [0.5, 0.6) is 0 Å². The molecule has 0 aromatic carbocycles. The van der Waals surface area contributed by atoms with Crippen molar-refractivity contribution in [2.45, 2.75) is 65.7 Å². The number of aliphatic hydroxyl groups is 1. The van der Waals surface area contributed by atoms with Gasteiger partial charge >= 0.3 is 0 Å². The Morgan fingerprint density at radius 1 is 1.06 bits per heavy atom. The smallest absolute Gasteiger partial charge is 0.0456 e. The molecule has 1 atom stereocenters. The molecule has 1 aliphatic carbocycles. The van der Waals surface area contributed by atoms with Gasteiger partial charge in [0.2, 0.25) is 0 Å². The zero-order chi connectivity index (χ0) is 12.0. The van der Waals surface area contributed by atoms with Crippen molar-refractivity contribution in [2.75, 3.05) is 6.61 Å². The number of hydrogen-bond acceptors (Lipinski definition) is 1. The molecule has 16 heavy (non-hydrogen) atoms. The molecule has 0 radical (unpaired) electrons. The highest BCUT2D eigenvalue weighted by molar-refractivity contribution is 4.74. The third kappa shape index (κ3) is 4.86. The summed E-state index contributed by atoms with van der Waals surface area (Å²) in [4.78, 5) is 0. The summed E-state index contributed by atoms with van der Waals surface area (Å²) in [6.07, 6.45) is 9.75. The van der Waals surface area contributed by atoms with E-state index in [9.17, 15) is 0 Å². The Labute approximate surface area is 102 Å². The van der Waals surface area contributed by atoms with Gasteiger partial charge in [0, 0.05) is 6.61 Å². The molecule has 1 heteroatoms. The van der Waals surface area contributed by atoms with Crippen LogP contribution in [0.1, 0.15) is 65.7 Å². The van der Waals surface area contributed by atoms with E-state index in [2.05, 4.69) is 20.8 Å². The fourth-order valence-electron chi connectivity index (χ4n) is 2.99. The molecule has 1 aliphatic rings. The lowest BCUT2D eigenvalue weighted by Gasteiger charge is -2.31. The Bertz CT molecular complexity index is 168. The van der Waals surface area contributed by atoms with E-state index in [1.165, 1.54) is 44.9 Å². The highest BCUT2D eigenvalue weighted by Crippen LogP contribution is 2.35. The first-order chi connectivity index (χ1) is 7.63. The summed E-state index contributed by atoms with van der Waals surface area (Å²) in [5.74, 6) is 3.37. The third-order valence-electron chi connectivity index (χ3n) is 4.46. The van der Waals surface area contributed by atoms with Crippen LogP contribution in [0.15, 0.2) is 0 Å². The summed E-state index contributed by atoms with van der Waals surface area (Å²) in [6.45, 7) is 7.25. The molecule has 1 N–H and O–H groups in total. The van der Waals surface area contributed by atoms with Crippen LogP contribution in [-0.4, -0.2) is 11.7 Å². The van der Waals surface area contributed by atoms with Crippen LogP contribution in [0.2, 0.25) is 0 Å².